The number of hydrogen-bond acceptors (Lipinski definition) is 4. The van der Waals surface area contributed by atoms with E-state index in [0.29, 0.717) is 0 Å². The molecule has 0 spiro atoms. The van der Waals surface area contributed by atoms with Crippen LogP contribution in [0.15, 0.2) is 4.99 Å². The Hall–Kier alpha value is -1.43. The van der Waals surface area contributed by atoms with Gasteiger partial charge in [0, 0.05) is 0 Å². The molecule has 1 rings (SSSR count). The molecule has 3 N–H and O–H groups in total. The Morgan fingerprint density at radius 3 is 2.33 bits per heavy atom. The first-order chi connectivity index (χ1) is 5.63. The van der Waals surface area contributed by atoms with E-state index >= 15 is 0 Å². The van der Waals surface area contributed by atoms with Crippen molar-refractivity contribution in [1.82, 2.24) is 10.6 Å². The quantitative estimate of drug-likeness (QED) is 0.418. The second-order valence-electron chi connectivity index (χ2n) is 2.42. The van der Waals surface area contributed by atoms with Gasteiger partial charge in [-0.25, -0.2) is 4.99 Å². The summed E-state index contributed by atoms with van der Waals surface area (Å²) < 4.78 is 0. The molecule has 6 heteroatoms. The number of aliphatic hydroxyl groups is 1. The van der Waals surface area contributed by atoms with Gasteiger partial charge in [-0.15, -0.1) is 0 Å². The van der Waals surface area contributed by atoms with Crippen LogP contribution in [0.2, 0.25) is 0 Å². The van der Waals surface area contributed by atoms with Gasteiger partial charge >= 0.3 is 11.8 Å². The van der Waals surface area contributed by atoms with E-state index in [0.717, 1.165) is 0 Å². The van der Waals surface area contributed by atoms with Crippen LogP contribution in [0.5, 0.6) is 0 Å². The van der Waals surface area contributed by atoms with Gasteiger partial charge in [-0.3, -0.25) is 20.2 Å². The van der Waals surface area contributed by atoms with Gasteiger partial charge in [-0.05, 0) is 6.92 Å². The highest BCUT2D eigenvalue weighted by Gasteiger charge is 2.25. The third-order valence-electron chi connectivity index (χ3n) is 1.28. The Balaban J connectivity index is 2.62. The highest BCUT2D eigenvalue weighted by Crippen LogP contribution is 1.89. The molecule has 0 saturated carbocycles. The summed E-state index contributed by atoms with van der Waals surface area (Å²) in [4.78, 5) is 25.0. The SMILES string of the molecule is CC(CO)N=C1NC(=O)C(=O)N1. The number of nitrogens with one attached hydrogen (secondary N) is 2. The van der Waals surface area contributed by atoms with Crippen molar-refractivity contribution in [1.29, 1.82) is 0 Å². The third-order valence-corrected chi connectivity index (χ3v) is 1.28. The number of nitrogens with zero attached hydrogens (tertiary/aromatic N) is 1. The van der Waals surface area contributed by atoms with E-state index in [1.54, 1.807) is 6.92 Å². The lowest BCUT2D eigenvalue weighted by molar-refractivity contribution is -0.135. The van der Waals surface area contributed by atoms with Crippen LogP contribution in [0.3, 0.4) is 0 Å². The number of guanidine groups is 1. The molecule has 1 fully saturated rings. The van der Waals surface area contributed by atoms with Gasteiger partial charge in [0.1, 0.15) is 0 Å². The van der Waals surface area contributed by atoms with Crippen LogP contribution in [0.25, 0.3) is 0 Å². The van der Waals surface area contributed by atoms with Crippen molar-refractivity contribution in [3.05, 3.63) is 0 Å². The smallest absolute Gasteiger partial charge is 0.316 e. The Kier molecular flexibility index (Phi) is 2.39. The van der Waals surface area contributed by atoms with Gasteiger partial charge in [0.05, 0.1) is 12.6 Å². The van der Waals surface area contributed by atoms with Crippen LogP contribution in [0.4, 0.5) is 0 Å². The van der Waals surface area contributed by atoms with Crippen molar-refractivity contribution in [2.75, 3.05) is 6.61 Å². The lowest BCUT2D eigenvalue weighted by Crippen LogP contribution is -2.28. The first-order valence-corrected chi connectivity index (χ1v) is 3.44. The van der Waals surface area contributed by atoms with E-state index in [9.17, 15) is 9.59 Å². The molecule has 0 aromatic heterocycles. The molecule has 2 amide bonds. The van der Waals surface area contributed by atoms with Gasteiger partial charge in [-0.1, -0.05) is 0 Å². The fourth-order valence-corrected chi connectivity index (χ4v) is 0.686. The molecular weight excluding hydrogens is 162 g/mol. The minimum Gasteiger partial charge on any atom is -0.394 e. The standard InChI is InChI=1S/C6H9N3O3/c1-3(2-10)7-6-8-4(11)5(12)9-6/h3,10H,2H2,1H3,(H2,7,8,9,11,12). The maximum atomic E-state index is 10.6. The fraction of sp³-hybridized carbons (Fsp3) is 0.500. The van der Waals surface area contributed by atoms with Crippen LogP contribution in [0, 0.1) is 0 Å². The molecule has 0 aromatic rings. The Morgan fingerprint density at radius 1 is 1.42 bits per heavy atom. The van der Waals surface area contributed by atoms with E-state index in [1.807, 2.05) is 0 Å². The molecule has 1 heterocycles. The van der Waals surface area contributed by atoms with E-state index in [-0.39, 0.29) is 18.6 Å². The second-order valence-corrected chi connectivity index (χ2v) is 2.42. The molecule has 1 unspecified atom stereocenters. The largest absolute Gasteiger partial charge is 0.394 e. The summed E-state index contributed by atoms with van der Waals surface area (Å²) in [6.45, 7) is 1.53. The minimum absolute atomic E-state index is 0.103. The number of aliphatic hydroxyl groups excluding tert-OH is 1. The summed E-state index contributed by atoms with van der Waals surface area (Å²) in [5.74, 6) is -1.34. The highest BCUT2D eigenvalue weighted by molar-refractivity contribution is 6.45. The third kappa shape index (κ3) is 1.79. The van der Waals surface area contributed by atoms with Gasteiger partial charge in [-0.2, -0.15) is 0 Å². The summed E-state index contributed by atoms with van der Waals surface area (Å²) >= 11 is 0. The van der Waals surface area contributed by atoms with Crippen LogP contribution < -0.4 is 10.6 Å². The second kappa shape index (κ2) is 3.31. The van der Waals surface area contributed by atoms with Crippen molar-refractivity contribution < 1.29 is 14.7 Å². The summed E-state index contributed by atoms with van der Waals surface area (Å²) in [6.07, 6.45) is 0. The molecular formula is C6H9N3O3. The Morgan fingerprint density at radius 2 is 1.92 bits per heavy atom. The number of rotatable bonds is 2. The first-order valence-electron chi connectivity index (χ1n) is 3.44. The van der Waals surface area contributed by atoms with Gasteiger partial charge in [0.15, 0.2) is 0 Å². The lowest BCUT2D eigenvalue weighted by Gasteiger charge is -2.01. The van der Waals surface area contributed by atoms with Gasteiger partial charge < -0.3 is 5.11 Å². The van der Waals surface area contributed by atoms with Crippen molar-refractivity contribution in [3.63, 3.8) is 0 Å². The number of aliphatic imine (C=N–C) groups is 1. The molecule has 1 atom stereocenters. The average molecular weight is 171 g/mol. The zero-order chi connectivity index (χ0) is 9.14. The number of hydrogen-bond donors (Lipinski definition) is 3. The van der Waals surface area contributed by atoms with Crippen LogP contribution in [0.1, 0.15) is 6.92 Å². The van der Waals surface area contributed by atoms with Crippen molar-refractivity contribution >= 4 is 17.8 Å². The molecule has 1 aliphatic heterocycles. The molecule has 0 aromatic carbocycles. The topological polar surface area (TPSA) is 90.8 Å². The van der Waals surface area contributed by atoms with Crippen molar-refractivity contribution in [2.45, 2.75) is 13.0 Å². The fourth-order valence-electron chi connectivity index (χ4n) is 0.686. The monoisotopic (exact) mass is 171 g/mol. The lowest BCUT2D eigenvalue weighted by atomic mass is 10.4. The summed E-state index contributed by atoms with van der Waals surface area (Å²) in [7, 11) is 0. The zero-order valence-electron chi connectivity index (χ0n) is 6.50. The highest BCUT2D eigenvalue weighted by atomic mass is 16.3. The molecule has 6 nitrogen and oxygen atoms in total. The normalized spacial score (nSPS) is 18.7. The van der Waals surface area contributed by atoms with E-state index < -0.39 is 11.8 Å². The molecule has 1 saturated heterocycles. The maximum Gasteiger partial charge on any atom is 0.316 e. The van der Waals surface area contributed by atoms with Gasteiger partial charge in [0.2, 0.25) is 5.96 Å². The van der Waals surface area contributed by atoms with E-state index in [4.69, 9.17) is 5.11 Å². The first kappa shape index (κ1) is 8.66. The van der Waals surface area contributed by atoms with Crippen LogP contribution in [-0.4, -0.2) is 35.5 Å². The molecule has 1 aliphatic rings. The van der Waals surface area contributed by atoms with Crippen LogP contribution >= 0.6 is 0 Å². The molecule has 0 bridgehead atoms. The number of amides is 2. The van der Waals surface area contributed by atoms with Gasteiger partial charge in [0.25, 0.3) is 0 Å². The molecule has 0 radical (unpaired) electrons. The Bertz CT molecular complexity index is 230. The summed E-state index contributed by atoms with van der Waals surface area (Å²) in [5, 5.41) is 13.0. The minimum atomic E-state index is -0.723. The van der Waals surface area contributed by atoms with Crippen LogP contribution in [-0.2, 0) is 9.59 Å². The molecule has 0 aliphatic carbocycles. The predicted molar refractivity (Wildman–Crippen MR) is 40.3 cm³/mol. The number of carbonyl (C=O) groups excluding carboxylic acids is 2. The van der Waals surface area contributed by atoms with Crippen molar-refractivity contribution in [2.24, 2.45) is 4.99 Å². The van der Waals surface area contributed by atoms with Crippen molar-refractivity contribution in [3.8, 4) is 0 Å². The van der Waals surface area contributed by atoms with E-state index in [1.165, 1.54) is 0 Å². The van der Waals surface area contributed by atoms with E-state index in [2.05, 4.69) is 15.6 Å². The summed E-state index contributed by atoms with van der Waals surface area (Å²) in [6, 6.07) is -0.335. The zero-order valence-corrected chi connectivity index (χ0v) is 6.50. The number of carbonyl (C=O) groups is 2. The average Bonchev–Trinajstić information content (AvgIpc) is 2.31. The predicted octanol–water partition coefficient (Wildman–Crippen LogP) is -2.03. The summed E-state index contributed by atoms with van der Waals surface area (Å²) in [5.41, 5.74) is 0. The Labute approximate surface area is 68.7 Å². The molecule has 66 valence electrons. The molecule has 12 heavy (non-hydrogen) atoms. The maximum absolute atomic E-state index is 10.6.